The van der Waals surface area contributed by atoms with Gasteiger partial charge in [0.15, 0.2) is 11.2 Å². The maximum atomic E-state index is 15.0. The summed E-state index contributed by atoms with van der Waals surface area (Å²) in [5.41, 5.74) is 0.328. The van der Waals surface area contributed by atoms with Gasteiger partial charge >= 0.3 is 5.92 Å². The average molecular weight is 539 g/mol. The Labute approximate surface area is 222 Å². The number of ether oxygens (including phenoxy) is 2. The van der Waals surface area contributed by atoms with Crippen molar-refractivity contribution in [3.05, 3.63) is 83.6 Å². The van der Waals surface area contributed by atoms with Crippen molar-refractivity contribution in [2.75, 3.05) is 6.61 Å². The summed E-state index contributed by atoms with van der Waals surface area (Å²) < 4.78 is 43.6. The molecule has 0 saturated carbocycles. The minimum absolute atomic E-state index is 0.0433. The van der Waals surface area contributed by atoms with Gasteiger partial charge in [-0.25, -0.2) is 15.0 Å². The van der Waals surface area contributed by atoms with E-state index in [2.05, 4.69) is 15.0 Å². The quantitative estimate of drug-likeness (QED) is 0.328. The topological polar surface area (TPSA) is 123 Å². The van der Waals surface area contributed by atoms with Gasteiger partial charge in [0.2, 0.25) is 0 Å². The second kappa shape index (κ2) is 9.60. The fourth-order valence-electron chi connectivity index (χ4n) is 5.52. The number of nitrogens with zero attached hydrogens (tertiary/aromatic N) is 4. The highest BCUT2D eigenvalue weighted by Gasteiger charge is 2.64. The lowest BCUT2D eigenvalue weighted by Crippen LogP contribution is -2.44. The molecular weight excluding hydrogens is 510 g/mol. The molecule has 5 atom stereocenters. The first-order chi connectivity index (χ1) is 18.7. The lowest BCUT2D eigenvalue weighted by atomic mass is 9.86. The number of benzene rings is 2. The summed E-state index contributed by atoms with van der Waals surface area (Å²) in [5, 5.41) is 31.8. The van der Waals surface area contributed by atoms with Gasteiger partial charge in [0.05, 0.1) is 18.1 Å². The van der Waals surface area contributed by atoms with Crippen molar-refractivity contribution < 1.29 is 33.6 Å². The molecule has 3 N–H and O–H groups in total. The van der Waals surface area contributed by atoms with Crippen LogP contribution in [-0.4, -0.2) is 59.6 Å². The van der Waals surface area contributed by atoms with E-state index in [0.717, 1.165) is 5.69 Å². The molecule has 3 heterocycles. The van der Waals surface area contributed by atoms with Gasteiger partial charge in [-0.15, -0.1) is 0 Å². The molecule has 204 valence electrons. The van der Waals surface area contributed by atoms with Gasteiger partial charge in [-0.05, 0) is 48.6 Å². The summed E-state index contributed by atoms with van der Waals surface area (Å²) in [6.45, 7) is 1.92. The van der Waals surface area contributed by atoms with E-state index in [9.17, 15) is 24.1 Å². The van der Waals surface area contributed by atoms with Crippen molar-refractivity contribution in [1.29, 1.82) is 0 Å². The number of halogens is 2. The van der Waals surface area contributed by atoms with Crippen molar-refractivity contribution >= 4 is 11.2 Å². The molecule has 4 aromatic rings. The Morgan fingerprint density at radius 1 is 1.10 bits per heavy atom. The number of fused-ring (bicyclic) bond motifs is 2. The van der Waals surface area contributed by atoms with Crippen LogP contribution in [0.4, 0.5) is 8.78 Å². The van der Waals surface area contributed by atoms with Crippen molar-refractivity contribution in [3.63, 3.8) is 0 Å². The molecule has 2 aromatic carbocycles. The Bertz CT molecular complexity index is 1510. The third kappa shape index (κ3) is 4.26. The molecule has 9 nitrogen and oxygen atoms in total. The van der Waals surface area contributed by atoms with Gasteiger partial charge in [0.25, 0.3) is 0 Å². The Kier molecular flexibility index (Phi) is 6.34. The Hall–Kier alpha value is -3.51. The molecule has 0 bridgehead atoms. The summed E-state index contributed by atoms with van der Waals surface area (Å²) in [6, 6.07) is 12.9. The number of hydrogen-bond acceptors (Lipinski definition) is 8. The number of rotatable bonds is 7. The Morgan fingerprint density at radius 3 is 2.77 bits per heavy atom. The second-order valence-electron chi connectivity index (χ2n) is 10.1. The molecule has 11 heteroatoms. The molecule has 0 amide bonds. The van der Waals surface area contributed by atoms with Crippen LogP contribution in [0.3, 0.4) is 0 Å². The van der Waals surface area contributed by atoms with Gasteiger partial charge in [0.1, 0.15) is 42.6 Å². The highest BCUT2D eigenvalue weighted by molar-refractivity contribution is 5.72. The maximum absolute atomic E-state index is 15.0. The third-order valence-corrected chi connectivity index (χ3v) is 7.74. The van der Waals surface area contributed by atoms with Gasteiger partial charge in [-0.3, -0.25) is 4.57 Å². The molecule has 1 aliphatic heterocycles. The van der Waals surface area contributed by atoms with Crippen LogP contribution in [-0.2, 0) is 16.8 Å². The van der Waals surface area contributed by atoms with Crippen molar-refractivity contribution in [2.45, 2.75) is 62.2 Å². The zero-order valence-corrected chi connectivity index (χ0v) is 21.1. The normalized spacial score (nSPS) is 27.6. The molecule has 0 spiro atoms. The van der Waals surface area contributed by atoms with Crippen LogP contribution in [0.25, 0.3) is 11.2 Å². The molecule has 6 rings (SSSR count). The fraction of sp³-hybridized carbons (Fsp3) is 0.393. The van der Waals surface area contributed by atoms with E-state index in [-0.39, 0.29) is 30.6 Å². The molecule has 0 radical (unpaired) electrons. The van der Waals surface area contributed by atoms with E-state index >= 15 is 0 Å². The predicted molar refractivity (Wildman–Crippen MR) is 135 cm³/mol. The lowest BCUT2D eigenvalue weighted by Gasteiger charge is -2.32. The summed E-state index contributed by atoms with van der Waals surface area (Å²) in [6.07, 6.45) is -0.646. The van der Waals surface area contributed by atoms with E-state index in [4.69, 9.17) is 9.47 Å². The highest BCUT2D eigenvalue weighted by atomic mass is 19.3. The first kappa shape index (κ1) is 25.8. The van der Waals surface area contributed by atoms with Crippen molar-refractivity contribution in [3.8, 4) is 5.75 Å². The predicted octanol–water partition coefficient (Wildman–Crippen LogP) is 3.36. The summed E-state index contributed by atoms with van der Waals surface area (Å²) >= 11 is 0. The zero-order valence-electron chi connectivity index (χ0n) is 21.1. The number of aliphatic hydroxyl groups is 3. The van der Waals surface area contributed by atoms with Crippen LogP contribution in [0.15, 0.2) is 61.2 Å². The summed E-state index contributed by atoms with van der Waals surface area (Å²) in [5.74, 6) is -3.24. The summed E-state index contributed by atoms with van der Waals surface area (Å²) in [4.78, 5) is 12.8. The number of aryl methyl sites for hydroxylation is 2. The van der Waals surface area contributed by atoms with E-state index in [1.54, 1.807) is 47.3 Å². The monoisotopic (exact) mass is 538 g/mol. The molecule has 1 saturated heterocycles. The van der Waals surface area contributed by atoms with Crippen molar-refractivity contribution in [2.24, 2.45) is 0 Å². The number of imidazole rings is 1. The highest BCUT2D eigenvalue weighted by Crippen LogP contribution is 2.56. The number of aliphatic hydroxyl groups excluding tert-OH is 2. The third-order valence-electron chi connectivity index (χ3n) is 7.74. The molecular formula is C28H28F2N4O5. The van der Waals surface area contributed by atoms with Crippen LogP contribution < -0.4 is 4.74 Å². The number of alkyl halides is 2. The first-order valence-electron chi connectivity index (χ1n) is 12.8. The van der Waals surface area contributed by atoms with Gasteiger partial charge in [0, 0.05) is 6.42 Å². The maximum Gasteiger partial charge on any atom is 0.309 e. The smallest absolute Gasteiger partial charge is 0.309 e. The van der Waals surface area contributed by atoms with Crippen LogP contribution >= 0.6 is 0 Å². The molecule has 1 fully saturated rings. The van der Waals surface area contributed by atoms with E-state index < -0.39 is 36.1 Å². The minimum Gasteiger partial charge on any atom is -0.491 e. The average Bonchev–Trinajstić information content (AvgIpc) is 3.57. The second-order valence-corrected chi connectivity index (χ2v) is 10.1. The van der Waals surface area contributed by atoms with Gasteiger partial charge < -0.3 is 24.8 Å². The zero-order chi connectivity index (χ0) is 27.4. The van der Waals surface area contributed by atoms with Crippen LogP contribution in [0, 0.1) is 6.92 Å². The van der Waals surface area contributed by atoms with E-state index in [0.29, 0.717) is 28.9 Å². The van der Waals surface area contributed by atoms with Crippen LogP contribution in [0.5, 0.6) is 5.75 Å². The van der Waals surface area contributed by atoms with Crippen LogP contribution in [0.1, 0.15) is 47.6 Å². The van der Waals surface area contributed by atoms with Gasteiger partial charge in [-0.2, -0.15) is 8.78 Å². The number of hydrogen-bond donors (Lipinski definition) is 3. The SMILES string of the molecule is Cc1ncnc2c1ncn2[C@H]1C[C@H](O)[C@@H](COc2cccc(CCC3(O)c4ccccc4C(O)C3(F)F)c2)O1. The van der Waals surface area contributed by atoms with Crippen LogP contribution in [0.2, 0.25) is 0 Å². The largest absolute Gasteiger partial charge is 0.491 e. The lowest BCUT2D eigenvalue weighted by molar-refractivity contribution is -0.226. The molecule has 2 aromatic heterocycles. The Balaban J connectivity index is 1.11. The van der Waals surface area contributed by atoms with E-state index in [1.807, 2.05) is 6.92 Å². The van der Waals surface area contributed by atoms with Crippen molar-refractivity contribution in [1.82, 2.24) is 19.5 Å². The molecule has 1 aliphatic carbocycles. The van der Waals surface area contributed by atoms with Gasteiger partial charge in [-0.1, -0.05) is 36.4 Å². The molecule has 2 aliphatic rings. The summed E-state index contributed by atoms with van der Waals surface area (Å²) in [7, 11) is 0. The first-order valence-corrected chi connectivity index (χ1v) is 12.8. The minimum atomic E-state index is -3.72. The molecule has 2 unspecified atom stereocenters. The molecule has 39 heavy (non-hydrogen) atoms. The fourth-order valence-corrected chi connectivity index (χ4v) is 5.52. The number of aromatic nitrogens is 4. The standard InChI is InChI=1S/C28H28F2N4O5/c1-16-24-26(32-14-31-16)34(15-33-24)23-12-21(35)22(39-23)13-38-18-6-4-5-17(11-18)9-10-27(37)20-8-3-2-7-19(20)25(36)28(27,29)30/h2-8,11,14-15,21-23,25,35-37H,9-10,12-13H2,1H3/t21-,22+,23+,25?,27?/m0/s1. The van der Waals surface area contributed by atoms with E-state index in [1.165, 1.54) is 18.5 Å². The Morgan fingerprint density at radius 2 is 1.92 bits per heavy atom.